The molecule has 132 valence electrons. The fraction of sp³-hybridized carbons (Fsp3) is 0.0400. The van der Waals surface area contributed by atoms with Crippen LogP contribution in [0.2, 0.25) is 10.0 Å². The molecular formula is C25H18Cl2. The number of hydrogen-bond donors (Lipinski definition) is 0. The van der Waals surface area contributed by atoms with Crippen LogP contribution in [0, 0.1) is 0 Å². The van der Waals surface area contributed by atoms with E-state index in [0.717, 1.165) is 16.5 Å². The normalized spacial score (nSPS) is 10.7. The monoisotopic (exact) mass is 388 g/mol. The minimum atomic E-state index is 0.754. The first-order chi connectivity index (χ1) is 13.2. The Morgan fingerprint density at radius 1 is 0.444 bits per heavy atom. The van der Waals surface area contributed by atoms with E-state index in [-0.39, 0.29) is 0 Å². The fourth-order valence-corrected chi connectivity index (χ4v) is 3.63. The maximum atomic E-state index is 6.06. The number of halogens is 2. The predicted molar refractivity (Wildman–Crippen MR) is 117 cm³/mol. The van der Waals surface area contributed by atoms with Crippen LogP contribution in [0.3, 0.4) is 0 Å². The van der Waals surface area contributed by atoms with Gasteiger partial charge >= 0.3 is 0 Å². The quantitative estimate of drug-likeness (QED) is 0.333. The van der Waals surface area contributed by atoms with E-state index >= 15 is 0 Å². The van der Waals surface area contributed by atoms with Gasteiger partial charge in [-0.05, 0) is 64.1 Å². The molecule has 0 saturated carbocycles. The highest BCUT2D eigenvalue weighted by Gasteiger charge is 2.10. The molecule has 0 aliphatic carbocycles. The summed E-state index contributed by atoms with van der Waals surface area (Å²) >= 11 is 12.1. The molecule has 0 fully saturated rings. The molecule has 0 spiro atoms. The Labute approximate surface area is 170 Å². The molecule has 0 atom stereocenters. The molecule has 0 radical (unpaired) electrons. The molecule has 0 amide bonds. The number of benzene rings is 4. The van der Waals surface area contributed by atoms with Gasteiger partial charge in [0.2, 0.25) is 0 Å². The second-order valence-electron chi connectivity index (χ2n) is 6.50. The lowest BCUT2D eigenvalue weighted by atomic mass is 9.91. The van der Waals surface area contributed by atoms with Crippen LogP contribution in [-0.4, -0.2) is 0 Å². The molecule has 0 aromatic heterocycles. The van der Waals surface area contributed by atoms with E-state index in [2.05, 4.69) is 72.8 Å². The summed E-state index contributed by atoms with van der Waals surface area (Å²) < 4.78 is 0. The van der Waals surface area contributed by atoms with Crippen molar-refractivity contribution in [3.05, 3.63) is 118 Å². The Balaban J connectivity index is 1.74. The lowest BCUT2D eigenvalue weighted by Crippen LogP contribution is -1.95. The number of hydrogen-bond acceptors (Lipinski definition) is 0. The van der Waals surface area contributed by atoms with E-state index in [0.29, 0.717) is 0 Å². The third-order valence-electron chi connectivity index (χ3n) is 4.73. The van der Waals surface area contributed by atoms with Crippen molar-refractivity contribution in [2.45, 2.75) is 6.42 Å². The van der Waals surface area contributed by atoms with Crippen molar-refractivity contribution in [3.63, 3.8) is 0 Å². The van der Waals surface area contributed by atoms with E-state index in [1.807, 2.05) is 24.3 Å². The van der Waals surface area contributed by atoms with Crippen molar-refractivity contribution in [3.8, 4) is 22.3 Å². The Morgan fingerprint density at radius 2 is 0.815 bits per heavy atom. The SMILES string of the molecule is Clc1ccc(-c2ccccc2Cc2ccccc2-c2ccc(Cl)cc2)cc1. The fourth-order valence-electron chi connectivity index (χ4n) is 3.38. The lowest BCUT2D eigenvalue weighted by Gasteiger charge is -2.14. The maximum absolute atomic E-state index is 6.06. The molecule has 4 rings (SSSR count). The summed E-state index contributed by atoms with van der Waals surface area (Å²) in [5, 5.41) is 1.51. The van der Waals surface area contributed by atoms with Crippen LogP contribution < -0.4 is 0 Å². The molecule has 0 heterocycles. The second-order valence-corrected chi connectivity index (χ2v) is 7.38. The van der Waals surface area contributed by atoms with Crippen molar-refractivity contribution < 1.29 is 0 Å². The molecule has 27 heavy (non-hydrogen) atoms. The predicted octanol–water partition coefficient (Wildman–Crippen LogP) is 7.92. The van der Waals surface area contributed by atoms with Crippen LogP contribution >= 0.6 is 23.2 Å². The molecule has 4 aromatic carbocycles. The molecule has 0 bridgehead atoms. The maximum Gasteiger partial charge on any atom is 0.0406 e. The Morgan fingerprint density at radius 3 is 1.22 bits per heavy atom. The van der Waals surface area contributed by atoms with Crippen LogP contribution in [0.1, 0.15) is 11.1 Å². The highest BCUT2D eigenvalue weighted by atomic mass is 35.5. The molecule has 0 unspecified atom stereocenters. The Hall–Kier alpha value is -2.54. The third kappa shape index (κ3) is 4.08. The molecule has 4 aromatic rings. The van der Waals surface area contributed by atoms with Crippen molar-refractivity contribution in [1.82, 2.24) is 0 Å². The summed E-state index contributed by atoms with van der Waals surface area (Å²) in [6, 6.07) is 33.2. The van der Waals surface area contributed by atoms with Gasteiger partial charge in [-0.15, -0.1) is 0 Å². The summed E-state index contributed by atoms with van der Waals surface area (Å²) in [5.74, 6) is 0. The van der Waals surface area contributed by atoms with Crippen molar-refractivity contribution >= 4 is 23.2 Å². The van der Waals surface area contributed by atoms with E-state index in [9.17, 15) is 0 Å². The molecule has 0 aliphatic heterocycles. The van der Waals surface area contributed by atoms with Crippen LogP contribution in [0.5, 0.6) is 0 Å². The van der Waals surface area contributed by atoms with Crippen LogP contribution in [-0.2, 0) is 6.42 Å². The van der Waals surface area contributed by atoms with E-state index in [1.54, 1.807) is 0 Å². The highest BCUT2D eigenvalue weighted by Crippen LogP contribution is 2.31. The van der Waals surface area contributed by atoms with Crippen molar-refractivity contribution in [2.75, 3.05) is 0 Å². The zero-order valence-electron chi connectivity index (χ0n) is 14.7. The van der Waals surface area contributed by atoms with E-state index < -0.39 is 0 Å². The van der Waals surface area contributed by atoms with Gasteiger partial charge in [0.25, 0.3) is 0 Å². The molecule has 0 saturated heterocycles. The van der Waals surface area contributed by atoms with Crippen molar-refractivity contribution in [2.24, 2.45) is 0 Å². The first-order valence-corrected chi connectivity index (χ1v) is 9.64. The van der Waals surface area contributed by atoms with Crippen LogP contribution in [0.4, 0.5) is 0 Å². The third-order valence-corrected chi connectivity index (χ3v) is 5.23. The van der Waals surface area contributed by atoms with Crippen molar-refractivity contribution in [1.29, 1.82) is 0 Å². The minimum Gasteiger partial charge on any atom is -0.0843 e. The summed E-state index contributed by atoms with van der Waals surface area (Å²) in [6.45, 7) is 0. The molecule has 0 aliphatic rings. The summed E-state index contributed by atoms with van der Waals surface area (Å²) in [6.07, 6.45) is 0.859. The van der Waals surface area contributed by atoms with Gasteiger partial charge in [-0.2, -0.15) is 0 Å². The van der Waals surface area contributed by atoms with Gasteiger partial charge < -0.3 is 0 Å². The van der Waals surface area contributed by atoms with Gasteiger partial charge in [0.15, 0.2) is 0 Å². The van der Waals surface area contributed by atoms with Gasteiger partial charge in [0.05, 0.1) is 0 Å². The Kier molecular flexibility index (Phi) is 5.29. The standard InChI is InChI=1S/C25H18Cl2/c26-22-13-9-18(10-14-22)24-7-3-1-5-20(24)17-21-6-2-4-8-25(21)19-11-15-23(27)16-12-19/h1-16H,17H2. The average Bonchev–Trinajstić information content (AvgIpc) is 2.70. The molecular weight excluding hydrogens is 371 g/mol. The lowest BCUT2D eigenvalue weighted by molar-refractivity contribution is 1.20. The topological polar surface area (TPSA) is 0 Å². The van der Waals surface area contributed by atoms with E-state index in [4.69, 9.17) is 23.2 Å². The summed E-state index contributed by atoms with van der Waals surface area (Å²) in [7, 11) is 0. The summed E-state index contributed by atoms with van der Waals surface area (Å²) in [4.78, 5) is 0. The smallest absolute Gasteiger partial charge is 0.0406 e. The molecule has 2 heteroatoms. The highest BCUT2D eigenvalue weighted by molar-refractivity contribution is 6.30. The first kappa shape index (κ1) is 17.9. The van der Waals surface area contributed by atoms with Gasteiger partial charge in [-0.1, -0.05) is 96.0 Å². The largest absolute Gasteiger partial charge is 0.0843 e. The van der Waals surface area contributed by atoms with Crippen LogP contribution in [0.25, 0.3) is 22.3 Å². The van der Waals surface area contributed by atoms with Gasteiger partial charge in [-0.3, -0.25) is 0 Å². The van der Waals surface area contributed by atoms with Crippen LogP contribution in [0.15, 0.2) is 97.1 Å². The molecule has 0 nitrogen and oxygen atoms in total. The van der Waals surface area contributed by atoms with Gasteiger partial charge in [0.1, 0.15) is 0 Å². The minimum absolute atomic E-state index is 0.754. The zero-order valence-corrected chi connectivity index (χ0v) is 16.2. The van der Waals surface area contributed by atoms with Gasteiger partial charge in [-0.25, -0.2) is 0 Å². The Bertz CT molecular complexity index is 961. The summed E-state index contributed by atoms with van der Waals surface area (Å²) in [5.41, 5.74) is 7.42. The second kappa shape index (κ2) is 8.00. The van der Waals surface area contributed by atoms with E-state index in [1.165, 1.54) is 33.4 Å². The average molecular weight is 389 g/mol. The molecule has 0 N–H and O–H groups in total. The van der Waals surface area contributed by atoms with Gasteiger partial charge in [0, 0.05) is 10.0 Å². The number of rotatable bonds is 4. The zero-order chi connectivity index (χ0) is 18.6. The first-order valence-electron chi connectivity index (χ1n) is 8.88.